The highest BCUT2D eigenvalue weighted by atomic mass is 32.2. The number of nitrogens with zero attached hydrogens (tertiary/aromatic N) is 4. The van der Waals surface area contributed by atoms with Crippen LogP contribution < -0.4 is 10.5 Å². The lowest BCUT2D eigenvalue weighted by Gasteiger charge is -2.36. The second kappa shape index (κ2) is 7.67. The summed E-state index contributed by atoms with van der Waals surface area (Å²) in [6.45, 7) is 9.39. The van der Waals surface area contributed by atoms with Gasteiger partial charge in [-0.2, -0.15) is 4.31 Å². The summed E-state index contributed by atoms with van der Waals surface area (Å²) in [5, 5.41) is 0.387. The van der Waals surface area contributed by atoms with Gasteiger partial charge in [0.1, 0.15) is 4.83 Å². The number of hydrogen-bond acceptors (Lipinski definition) is 6. The summed E-state index contributed by atoms with van der Waals surface area (Å²) < 4.78 is 28.3. The lowest BCUT2D eigenvalue weighted by molar-refractivity contribution is 0.375. The van der Waals surface area contributed by atoms with Crippen molar-refractivity contribution in [1.82, 2.24) is 13.9 Å². The van der Waals surface area contributed by atoms with Crippen molar-refractivity contribution in [3.8, 4) is 0 Å². The number of fused-ring (bicyclic) bond motifs is 3. The van der Waals surface area contributed by atoms with Gasteiger partial charge in [0.2, 0.25) is 16.0 Å². The molecule has 9 heteroatoms. The number of anilines is 1. The van der Waals surface area contributed by atoms with Crippen LogP contribution in [0.2, 0.25) is 0 Å². The molecule has 0 unspecified atom stereocenters. The quantitative estimate of drug-likeness (QED) is 0.734. The van der Waals surface area contributed by atoms with Crippen molar-refractivity contribution in [2.75, 3.05) is 31.1 Å². The maximum absolute atomic E-state index is 13.5. The maximum Gasteiger partial charge on any atom is 0.264 e. The number of sulfonamides is 1. The summed E-state index contributed by atoms with van der Waals surface area (Å²) in [4.78, 5) is 22.7. The smallest absolute Gasteiger partial charge is 0.264 e. The van der Waals surface area contributed by atoms with Crippen LogP contribution >= 0.6 is 11.3 Å². The molecule has 1 fully saturated rings. The summed E-state index contributed by atoms with van der Waals surface area (Å²) in [5.41, 5.74) is 1.26. The monoisotopic (exact) mass is 438 g/mol. The highest BCUT2D eigenvalue weighted by molar-refractivity contribution is 7.89. The standard InChI is InChI=1S/C20H30N4O3S2/c1-13(2)24-19(25)17-15-7-5-6-8-16(15)28-18(17)21-20(24)22-9-11-23(12-10-22)29(26,27)14(3)4/h13-14H,5-12H2,1-4H3. The molecular weight excluding hydrogens is 408 g/mol. The molecule has 1 saturated heterocycles. The minimum Gasteiger partial charge on any atom is -0.339 e. The van der Waals surface area contributed by atoms with Gasteiger partial charge >= 0.3 is 0 Å². The van der Waals surface area contributed by atoms with Gasteiger partial charge in [0, 0.05) is 37.1 Å². The Bertz CT molecular complexity index is 1080. The van der Waals surface area contributed by atoms with Gasteiger partial charge in [0.25, 0.3) is 5.56 Å². The lowest BCUT2D eigenvalue weighted by Crippen LogP contribution is -2.51. The van der Waals surface area contributed by atoms with Crippen LogP contribution in [0.15, 0.2) is 4.79 Å². The van der Waals surface area contributed by atoms with Crippen LogP contribution in [0.4, 0.5) is 5.95 Å². The van der Waals surface area contributed by atoms with E-state index in [0.717, 1.165) is 29.5 Å². The first-order chi connectivity index (χ1) is 13.7. The molecule has 0 spiro atoms. The SMILES string of the molecule is CC(C)n1c(N2CCN(S(=O)(=O)C(C)C)CC2)nc2sc3c(c2c1=O)CCCC3. The normalized spacial score (nSPS) is 18.8. The molecule has 0 bridgehead atoms. The minimum absolute atomic E-state index is 0.00836. The van der Waals surface area contributed by atoms with E-state index in [9.17, 15) is 13.2 Å². The van der Waals surface area contributed by atoms with Gasteiger partial charge in [0.05, 0.1) is 10.6 Å². The molecule has 1 aliphatic heterocycles. The van der Waals surface area contributed by atoms with Crippen LogP contribution in [-0.4, -0.2) is 53.7 Å². The van der Waals surface area contributed by atoms with Crippen molar-refractivity contribution in [2.45, 2.75) is 64.7 Å². The first kappa shape index (κ1) is 20.8. The highest BCUT2D eigenvalue weighted by Crippen LogP contribution is 2.35. The summed E-state index contributed by atoms with van der Waals surface area (Å²) in [5.74, 6) is 0.678. The molecule has 0 aromatic carbocycles. The number of aryl methyl sites for hydroxylation is 2. The number of rotatable bonds is 4. The Morgan fingerprint density at radius 2 is 1.66 bits per heavy atom. The summed E-state index contributed by atoms with van der Waals surface area (Å²) in [7, 11) is -3.26. The first-order valence-corrected chi connectivity index (χ1v) is 12.8. The Hall–Kier alpha value is -1.45. The largest absolute Gasteiger partial charge is 0.339 e. The fourth-order valence-electron chi connectivity index (χ4n) is 4.34. The molecule has 0 saturated carbocycles. The van der Waals surface area contributed by atoms with Crippen LogP contribution in [0.1, 0.15) is 57.0 Å². The summed E-state index contributed by atoms with van der Waals surface area (Å²) in [6, 6.07) is -0.00836. The van der Waals surface area contributed by atoms with Crippen molar-refractivity contribution >= 4 is 37.5 Å². The molecule has 29 heavy (non-hydrogen) atoms. The van der Waals surface area contributed by atoms with Crippen LogP contribution in [0.25, 0.3) is 10.2 Å². The third-order valence-electron chi connectivity index (χ3n) is 6.00. The fourth-order valence-corrected chi connectivity index (χ4v) is 6.85. The lowest BCUT2D eigenvalue weighted by atomic mass is 9.97. The van der Waals surface area contributed by atoms with E-state index in [2.05, 4.69) is 4.90 Å². The highest BCUT2D eigenvalue weighted by Gasteiger charge is 2.32. The molecule has 0 amide bonds. The Morgan fingerprint density at radius 1 is 1.00 bits per heavy atom. The molecule has 1 aliphatic carbocycles. The van der Waals surface area contributed by atoms with E-state index in [-0.39, 0.29) is 11.6 Å². The van der Waals surface area contributed by atoms with Gasteiger partial charge in [-0.15, -0.1) is 11.3 Å². The van der Waals surface area contributed by atoms with Crippen LogP contribution in [-0.2, 0) is 22.9 Å². The summed E-state index contributed by atoms with van der Waals surface area (Å²) in [6.07, 6.45) is 4.32. The van der Waals surface area contributed by atoms with E-state index >= 15 is 0 Å². The van der Waals surface area contributed by atoms with E-state index < -0.39 is 15.3 Å². The zero-order valence-electron chi connectivity index (χ0n) is 17.6. The van der Waals surface area contributed by atoms with Crippen molar-refractivity contribution in [3.05, 3.63) is 20.8 Å². The van der Waals surface area contributed by atoms with Gasteiger partial charge in [0.15, 0.2) is 0 Å². The third kappa shape index (κ3) is 3.51. The molecule has 2 aromatic heterocycles. The second-order valence-corrected chi connectivity index (χ2v) is 12.1. The molecule has 0 radical (unpaired) electrons. The second-order valence-electron chi connectivity index (χ2n) is 8.55. The van der Waals surface area contributed by atoms with E-state index in [1.165, 1.54) is 16.9 Å². The Labute approximate surface area is 176 Å². The number of thiophene rings is 1. The molecule has 2 aromatic rings. The molecule has 4 rings (SSSR count). The molecule has 160 valence electrons. The van der Waals surface area contributed by atoms with Crippen LogP contribution in [0, 0.1) is 0 Å². The zero-order chi connectivity index (χ0) is 20.9. The molecule has 2 aliphatic rings. The zero-order valence-corrected chi connectivity index (χ0v) is 19.3. The number of hydrogen-bond donors (Lipinski definition) is 0. The van der Waals surface area contributed by atoms with Gasteiger partial charge in [-0.1, -0.05) is 0 Å². The van der Waals surface area contributed by atoms with Gasteiger partial charge in [-0.05, 0) is 58.9 Å². The molecular formula is C20H30N4O3S2. The van der Waals surface area contributed by atoms with Gasteiger partial charge in [-0.3, -0.25) is 9.36 Å². The van der Waals surface area contributed by atoms with Crippen molar-refractivity contribution in [3.63, 3.8) is 0 Å². The maximum atomic E-state index is 13.5. The van der Waals surface area contributed by atoms with Crippen molar-refractivity contribution in [2.24, 2.45) is 0 Å². The predicted molar refractivity (Wildman–Crippen MR) is 119 cm³/mol. The predicted octanol–water partition coefficient (Wildman–Crippen LogP) is 2.78. The third-order valence-corrected chi connectivity index (χ3v) is 9.46. The average Bonchev–Trinajstić information content (AvgIpc) is 3.06. The molecule has 0 N–H and O–H groups in total. The van der Waals surface area contributed by atoms with Gasteiger partial charge < -0.3 is 4.90 Å². The number of aromatic nitrogens is 2. The Morgan fingerprint density at radius 3 is 2.28 bits per heavy atom. The van der Waals surface area contributed by atoms with Crippen molar-refractivity contribution < 1.29 is 8.42 Å². The van der Waals surface area contributed by atoms with Crippen molar-refractivity contribution in [1.29, 1.82) is 0 Å². The summed E-state index contributed by atoms with van der Waals surface area (Å²) >= 11 is 1.66. The average molecular weight is 439 g/mol. The van der Waals surface area contributed by atoms with Gasteiger partial charge in [-0.25, -0.2) is 13.4 Å². The van der Waals surface area contributed by atoms with E-state index in [0.29, 0.717) is 32.1 Å². The minimum atomic E-state index is -3.26. The van der Waals surface area contributed by atoms with E-state index in [1.54, 1.807) is 34.1 Å². The van der Waals surface area contributed by atoms with Crippen LogP contribution in [0.5, 0.6) is 0 Å². The topological polar surface area (TPSA) is 75.5 Å². The molecule has 7 nitrogen and oxygen atoms in total. The number of piperazine rings is 1. The Balaban J connectivity index is 1.73. The Kier molecular flexibility index (Phi) is 5.50. The fraction of sp³-hybridized carbons (Fsp3) is 0.700. The molecule has 3 heterocycles. The molecule has 0 atom stereocenters. The van der Waals surface area contributed by atoms with Crippen LogP contribution in [0.3, 0.4) is 0 Å². The van der Waals surface area contributed by atoms with E-state index in [4.69, 9.17) is 4.98 Å². The first-order valence-electron chi connectivity index (χ1n) is 10.5. The van der Waals surface area contributed by atoms with E-state index in [1.807, 2.05) is 13.8 Å².